The molecule has 2 aromatic carbocycles. The average molecular weight is 337 g/mol. The first-order valence-corrected chi connectivity index (χ1v) is 7.27. The van der Waals surface area contributed by atoms with E-state index in [-0.39, 0.29) is 5.82 Å². The van der Waals surface area contributed by atoms with E-state index in [4.69, 9.17) is 0 Å². The molecule has 0 heterocycles. The number of halogens is 2. The molecule has 20 heavy (non-hydrogen) atoms. The quantitative estimate of drug-likeness (QED) is 0.877. The zero-order chi connectivity index (χ0) is 14.5. The molecule has 0 saturated heterocycles. The van der Waals surface area contributed by atoms with Gasteiger partial charge in [-0.05, 0) is 42.9 Å². The Hall–Kier alpha value is -1.39. The number of hydrogen-bond donors (Lipinski definition) is 1. The van der Waals surface area contributed by atoms with Crippen LogP contribution in [0, 0.1) is 5.82 Å². The highest BCUT2D eigenvalue weighted by atomic mass is 79.9. The van der Waals surface area contributed by atoms with Crippen LogP contribution in [0.2, 0.25) is 0 Å². The van der Waals surface area contributed by atoms with E-state index in [0.717, 1.165) is 16.7 Å². The van der Waals surface area contributed by atoms with Crippen molar-refractivity contribution in [2.75, 3.05) is 19.4 Å². The maximum absolute atomic E-state index is 13.7. The smallest absolute Gasteiger partial charge is 0.127 e. The number of nitrogens with one attached hydrogen (secondary N) is 1. The van der Waals surface area contributed by atoms with Gasteiger partial charge in [0, 0.05) is 35.9 Å². The molecule has 0 aliphatic heterocycles. The van der Waals surface area contributed by atoms with Crippen LogP contribution in [0.4, 0.5) is 10.1 Å². The Bertz CT molecular complexity index is 569. The Morgan fingerprint density at radius 1 is 1.10 bits per heavy atom. The minimum Gasteiger partial charge on any atom is -0.388 e. The van der Waals surface area contributed by atoms with Crippen molar-refractivity contribution in [3.63, 3.8) is 0 Å². The van der Waals surface area contributed by atoms with Gasteiger partial charge in [-0.3, -0.25) is 4.90 Å². The number of anilines is 1. The third-order valence-corrected chi connectivity index (χ3v) is 3.64. The Morgan fingerprint density at radius 3 is 2.45 bits per heavy atom. The lowest BCUT2D eigenvalue weighted by Crippen LogP contribution is -2.18. The first-order valence-electron chi connectivity index (χ1n) is 6.47. The predicted molar refractivity (Wildman–Crippen MR) is 85.3 cm³/mol. The van der Waals surface area contributed by atoms with Crippen molar-refractivity contribution in [3.8, 4) is 0 Å². The number of nitrogens with zero attached hydrogens (tertiary/aromatic N) is 1. The van der Waals surface area contributed by atoms with Crippen molar-refractivity contribution in [2.45, 2.75) is 13.1 Å². The first kappa shape index (κ1) is 15.0. The molecular formula is C16H18BrFN2. The summed E-state index contributed by atoms with van der Waals surface area (Å²) in [7, 11) is 3.89. The minimum absolute atomic E-state index is 0.161. The zero-order valence-corrected chi connectivity index (χ0v) is 13.2. The van der Waals surface area contributed by atoms with E-state index in [1.54, 1.807) is 6.07 Å². The molecule has 0 aliphatic rings. The molecule has 0 bridgehead atoms. The zero-order valence-electron chi connectivity index (χ0n) is 11.7. The van der Waals surface area contributed by atoms with Crippen molar-refractivity contribution < 1.29 is 4.39 Å². The second kappa shape index (κ2) is 6.86. The fourth-order valence-corrected chi connectivity index (χ4v) is 2.51. The Labute approximate surface area is 127 Å². The summed E-state index contributed by atoms with van der Waals surface area (Å²) in [4.78, 5) is 2.10. The van der Waals surface area contributed by atoms with Gasteiger partial charge in [-0.2, -0.15) is 0 Å². The standard InChI is InChI=1S/C16H18BrFN2/c1-19-15-6-3-12(4-7-15)10-20(2)11-13-9-14(17)5-8-16(13)18/h3-9,19H,10-11H2,1-2H3. The Balaban J connectivity index is 2.00. The van der Waals surface area contributed by atoms with Crippen LogP contribution in [0.3, 0.4) is 0 Å². The maximum atomic E-state index is 13.7. The van der Waals surface area contributed by atoms with E-state index in [0.29, 0.717) is 12.1 Å². The van der Waals surface area contributed by atoms with Gasteiger partial charge in [-0.25, -0.2) is 4.39 Å². The van der Waals surface area contributed by atoms with Gasteiger partial charge in [0.25, 0.3) is 0 Å². The maximum Gasteiger partial charge on any atom is 0.127 e. The van der Waals surface area contributed by atoms with E-state index in [1.165, 1.54) is 11.6 Å². The molecule has 0 fully saturated rings. The van der Waals surface area contributed by atoms with E-state index < -0.39 is 0 Å². The molecule has 106 valence electrons. The van der Waals surface area contributed by atoms with Crippen molar-refractivity contribution in [3.05, 3.63) is 63.9 Å². The summed E-state index contributed by atoms with van der Waals surface area (Å²) in [5.74, 6) is -0.161. The SMILES string of the molecule is CNc1ccc(CN(C)Cc2cc(Br)ccc2F)cc1. The molecule has 4 heteroatoms. The highest BCUT2D eigenvalue weighted by Crippen LogP contribution is 2.18. The summed E-state index contributed by atoms with van der Waals surface area (Å²) in [6, 6.07) is 13.3. The molecule has 0 aliphatic carbocycles. The van der Waals surface area contributed by atoms with E-state index in [2.05, 4.69) is 38.3 Å². The predicted octanol–water partition coefficient (Wildman–Crippen LogP) is 4.26. The molecule has 2 rings (SSSR count). The lowest BCUT2D eigenvalue weighted by Gasteiger charge is -2.17. The van der Waals surface area contributed by atoms with Crippen LogP contribution in [0.5, 0.6) is 0 Å². The van der Waals surface area contributed by atoms with Crippen molar-refractivity contribution in [1.29, 1.82) is 0 Å². The molecule has 0 unspecified atom stereocenters. The van der Waals surface area contributed by atoms with Crippen LogP contribution >= 0.6 is 15.9 Å². The van der Waals surface area contributed by atoms with Crippen LogP contribution in [0.25, 0.3) is 0 Å². The molecule has 2 aromatic rings. The monoisotopic (exact) mass is 336 g/mol. The molecular weight excluding hydrogens is 319 g/mol. The largest absolute Gasteiger partial charge is 0.388 e. The highest BCUT2D eigenvalue weighted by molar-refractivity contribution is 9.10. The normalized spacial score (nSPS) is 10.8. The fraction of sp³-hybridized carbons (Fsp3) is 0.250. The van der Waals surface area contributed by atoms with Crippen LogP contribution in [-0.2, 0) is 13.1 Å². The van der Waals surface area contributed by atoms with Crippen molar-refractivity contribution in [1.82, 2.24) is 4.90 Å². The lowest BCUT2D eigenvalue weighted by atomic mass is 10.1. The first-order chi connectivity index (χ1) is 9.58. The summed E-state index contributed by atoms with van der Waals surface area (Å²) >= 11 is 3.38. The molecule has 0 spiro atoms. The van der Waals surface area contributed by atoms with Gasteiger partial charge in [0.05, 0.1) is 0 Å². The van der Waals surface area contributed by atoms with Crippen molar-refractivity contribution in [2.24, 2.45) is 0 Å². The number of benzene rings is 2. The molecule has 0 atom stereocenters. The number of rotatable bonds is 5. The van der Waals surface area contributed by atoms with Gasteiger partial charge in [0.15, 0.2) is 0 Å². The second-order valence-corrected chi connectivity index (χ2v) is 5.77. The molecule has 0 aromatic heterocycles. The van der Waals surface area contributed by atoms with E-state index in [1.807, 2.05) is 32.3 Å². The molecule has 0 radical (unpaired) electrons. The summed E-state index contributed by atoms with van der Waals surface area (Å²) in [6.07, 6.45) is 0. The summed E-state index contributed by atoms with van der Waals surface area (Å²) in [5, 5.41) is 3.09. The van der Waals surface area contributed by atoms with E-state index in [9.17, 15) is 4.39 Å². The van der Waals surface area contributed by atoms with Crippen LogP contribution in [0.1, 0.15) is 11.1 Å². The van der Waals surface area contributed by atoms with Crippen LogP contribution in [-0.4, -0.2) is 19.0 Å². The van der Waals surface area contributed by atoms with Gasteiger partial charge < -0.3 is 5.32 Å². The number of hydrogen-bond acceptors (Lipinski definition) is 2. The third kappa shape index (κ3) is 4.05. The summed E-state index contributed by atoms with van der Waals surface area (Å²) in [5.41, 5.74) is 3.00. The third-order valence-electron chi connectivity index (χ3n) is 3.14. The lowest BCUT2D eigenvalue weighted by molar-refractivity contribution is 0.313. The van der Waals surface area contributed by atoms with Gasteiger partial charge in [0.2, 0.25) is 0 Å². The molecule has 0 amide bonds. The Morgan fingerprint density at radius 2 is 1.80 bits per heavy atom. The fourth-order valence-electron chi connectivity index (χ4n) is 2.10. The molecule has 1 N–H and O–H groups in total. The Kier molecular flexibility index (Phi) is 5.15. The van der Waals surface area contributed by atoms with Gasteiger partial charge in [-0.1, -0.05) is 28.1 Å². The highest BCUT2D eigenvalue weighted by Gasteiger charge is 2.07. The second-order valence-electron chi connectivity index (χ2n) is 4.85. The van der Waals surface area contributed by atoms with Crippen molar-refractivity contribution >= 4 is 21.6 Å². The average Bonchev–Trinajstić information content (AvgIpc) is 2.43. The molecule has 0 saturated carbocycles. The topological polar surface area (TPSA) is 15.3 Å². The van der Waals surface area contributed by atoms with Gasteiger partial charge >= 0.3 is 0 Å². The summed E-state index contributed by atoms with van der Waals surface area (Å²) < 4.78 is 14.6. The summed E-state index contributed by atoms with van der Waals surface area (Å²) in [6.45, 7) is 1.37. The minimum atomic E-state index is -0.161. The van der Waals surface area contributed by atoms with Crippen LogP contribution < -0.4 is 5.32 Å². The van der Waals surface area contributed by atoms with E-state index >= 15 is 0 Å². The molecule has 2 nitrogen and oxygen atoms in total. The van der Waals surface area contributed by atoms with Gasteiger partial charge in [-0.15, -0.1) is 0 Å². The van der Waals surface area contributed by atoms with Gasteiger partial charge in [0.1, 0.15) is 5.82 Å². The van der Waals surface area contributed by atoms with Crippen LogP contribution in [0.15, 0.2) is 46.9 Å².